The molecule has 2 aliphatic carbocycles. The van der Waals surface area contributed by atoms with Crippen LogP contribution in [0.2, 0.25) is 0 Å². The number of ether oxygens (including phenoxy) is 1. The molecule has 7 nitrogen and oxygen atoms in total. The van der Waals surface area contributed by atoms with E-state index in [0.717, 1.165) is 49.6 Å². The van der Waals surface area contributed by atoms with Gasteiger partial charge in [0, 0.05) is 50.1 Å². The van der Waals surface area contributed by atoms with Crippen LogP contribution in [0.4, 0.5) is 10.1 Å². The first-order valence-corrected chi connectivity index (χ1v) is 12.5. The molecule has 5 rings (SSSR count). The van der Waals surface area contributed by atoms with Gasteiger partial charge in [-0.3, -0.25) is 4.90 Å². The van der Waals surface area contributed by atoms with Crippen LogP contribution in [0.3, 0.4) is 0 Å². The Kier molecular flexibility index (Phi) is 8.59. The molecule has 2 aromatic rings. The number of para-hydroxylation sites is 1. The standard InChI is InChI=1S/C24H29FN2O.C4H4O4/c25-20-6-8-23(9-7-20)28-24-16-18-14-22(15-19(18)17-24)27-12-10-26(11-13-27)21-4-2-1-3-5-21;5-3(6)1-2-4(7)8/h1-9,18-19,22,24H,10-17H2;1-2H,(H,5,6)(H,7,8)/b;2-1+. The number of hydrogen-bond donors (Lipinski definition) is 2. The molecule has 2 N–H and O–H groups in total. The summed E-state index contributed by atoms with van der Waals surface area (Å²) in [6, 6.07) is 18.0. The van der Waals surface area contributed by atoms with E-state index >= 15 is 0 Å². The van der Waals surface area contributed by atoms with Crippen molar-refractivity contribution in [1.29, 1.82) is 0 Å². The highest BCUT2D eigenvalue weighted by Gasteiger charge is 2.44. The van der Waals surface area contributed by atoms with Gasteiger partial charge in [0.15, 0.2) is 0 Å². The van der Waals surface area contributed by atoms with Gasteiger partial charge in [-0.1, -0.05) is 18.2 Å². The molecule has 3 fully saturated rings. The summed E-state index contributed by atoms with van der Waals surface area (Å²) in [7, 11) is 0. The van der Waals surface area contributed by atoms with E-state index in [4.69, 9.17) is 14.9 Å². The predicted octanol–water partition coefficient (Wildman–Crippen LogP) is 4.30. The summed E-state index contributed by atoms with van der Waals surface area (Å²) in [5.41, 5.74) is 1.35. The molecule has 2 unspecified atom stereocenters. The number of rotatable bonds is 6. The Hall–Kier alpha value is -3.39. The fourth-order valence-electron chi connectivity index (χ4n) is 5.76. The number of halogens is 1. The number of anilines is 1. The van der Waals surface area contributed by atoms with Gasteiger partial charge in [0.1, 0.15) is 11.6 Å². The van der Waals surface area contributed by atoms with Gasteiger partial charge in [0.05, 0.1) is 6.10 Å². The quantitative estimate of drug-likeness (QED) is 0.577. The number of piperazine rings is 1. The van der Waals surface area contributed by atoms with Gasteiger partial charge in [-0.2, -0.15) is 0 Å². The number of hydrogen-bond acceptors (Lipinski definition) is 5. The molecule has 0 aromatic heterocycles. The fourth-order valence-corrected chi connectivity index (χ4v) is 5.76. The monoisotopic (exact) mass is 496 g/mol. The van der Waals surface area contributed by atoms with Crippen LogP contribution < -0.4 is 9.64 Å². The lowest BCUT2D eigenvalue weighted by molar-refractivity contribution is -0.134. The molecule has 2 atom stereocenters. The summed E-state index contributed by atoms with van der Waals surface area (Å²) in [6.45, 7) is 4.61. The van der Waals surface area contributed by atoms with E-state index < -0.39 is 11.9 Å². The number of carboxylic acids is 2. The van der Waals surface area contributed by atoms with Crippen LogP contribution >= 0.6 is 0 Å². The van der Waals surface area contributed by atoms with Crippen molar-refractivity contribution in [1.82, 2.24) is 4.90 Å². The molecule has 0 radical (unpaired) electrons. The second kappa shape index (κ2) is 12.0. The lowest BCUT2D eigenvalue weighted by Gasteiger charge is -2.39. The Morgan fingerprint density at radius 3 is 1.89 bits per heavy atom. The number of carbonyl (C=O) groups is 2. The fraction of sp³-hybridized carbons (Fsp3) is 0.429. The van der Waals surface area contributed by atoms with Gasteiger partial charge in [-0.25, -0.2) is 14.0 Å². The lowest BCUT2D eigenvalue weighted by atomic mass is 10.0. The molecule has 1 saturated heterocycles. The molecule has 192 valence electrons. The highest BCUT2D eigenvalue weighted by atomic mass is 19.1. The van der Waals surface area contributed by atoms with Crippen molar-refractivity contribution >= 4 is 17.6 Å². The lowest BCUT2D eigenvalue weighted by Crippen LogP contribution is -2.50. The van der Waals surface area contributed by atoms with E-state index in [0.29, 0.717) is 18.3 Å². The number of aliphatic carboxylic acids is 2. The molecule has 36 heavy (non-hydrogen) atoms. The third kappa shape index (κ3) is 7.07. The van der Waals surface area contributed by atoms with E-state index in [1.54, 1.807) is 12.1 Å². The maximum absolute atomic E-state index is 13.1. The van der Waals surface area contributed by atoms with Crippen molar-refractivity contribution in [2.45, 2.75) is 37.8 Å². The second-order valence-corrected chi connectivity index (χ2v) is 9.68. The molecule has 8 heteroatoms. The van der Waals surface area contributed by atoms with E-state index in [1.165, 1.54) is 43.8 Å². The summed E-state index contributed by atoms with van der Waals surface area (Å²) in [5, 5.41) is 15.6. The minimum atomic E-state index is -1.26. The van der Waals surface area contributed by atoms with Crippen LogP contribution in [0, 0.1) is 17.7 Å². The summed E-state index contributed by atoms with van der Waals surface area (Å²) >= 11 is 0. The molecule has 0 spiro atoms. The van der Waals surface area contributed by atoms with E-state index in [-0.39, 0.29) is 5.82 Å². The highest BCUT2D eigenvalue weighted by Crippen LogP contribution is 2.46. The zero-order valence-electron chi connectivity index (χ0n) is 20.2. The molecule has 1 heterocycles. The Balaban J connectivity index is 0.000000331. The van der Waals surface area contributed by atoms with Gasteiger partial charge in [-0.15, -0.1) is 0 Å². The summed E-state index contributed by atoms with van der Waals surface area (Å²) in [4.78, 5) is 24.3. The first kappa shape index (κ1) is 25.7. The zero-order valence-corrected chi connectivity index (χ0v) is 20.2. The Bertz CT molecular complexity index is 1010. The first-order valence-electron chi connectivity index (χ1n) is 12.5. The Morgan fingerprint density at radius 2 is 1.36 bits per heavy atom. The number of nitrogens with zero attached hydrogens (tertiary/aromatic N) is 2. The van der Waals surface area contributed by atoms with Crippen molar-refractivity contribution in [2.75, 3.05) is 31.1 Å². The van der Waals surface area contributed by atoms with Crippen molar-refractivity contribution < 1.29 is 28.9 Å². The molecule has 1 aliphatic heterocycles. The van der Waals surface area contributed by atoms with Crippen LogP contribution in [-0.4, -0.2) is 65.4 Å². The predicted molar refractivity (Wildman–Crippen MR) is 135 cm³/mol. The maximum Gasteiger partial charge on any atom is 0.328 e. The summed E-state index contributed by atoms with van der Waals surface area (Å²) < 4.78 is 19.2. The van der Waals surface area contributed by atoms with E-state index in [9.17, 15) is 14.0 Å². The zero-order chi connectivity index (χ0) is 25.5. The molecule has 0 amide bonds. The third-order valence-corrected chi connectivity index (χ3v) is 7.38. The Morgan fingerprint density at radius 1 is 0.806 bits per heavy atom. The van der Waals surface area contributed by atoms with Crippen LogP contribution in [0.25, 0.3) is 0 Å². The Labute approximate surface area is 210 Å². The maximum atomic E-state index is 13.1. The number of fused-ring (bicyclic) bond motifs is 1. The minimum absolute atomic E-state index is 0.203. The average Bonchev–Trinajstić information content (AvgIpc) is 3.44. The molecular formula is C28H33FN2O5. The first-order chi connectivity index (χ1) is 17.4. The van der Waals surface area contributed by atoms with Crippen molar-refractivity contribution in [3.63, 3.8) is 0 Å². The van der Waals surface area contributed by atoms with Crippen LogP contribution in [0.5, 0.6) is 5.75 Å². The third-order valence-electron chi connectivity index (χ3n) is 7.38. The molecular weight excluding hydrogens is 463 g/mol. The van der Waals surface area contributed by atoms with Crippen LogP contribution in [0.15, 0.2) is 66.7 Å². The number of benzene rings is 2. The van der Waals surface area contributed by atoms with Gasteiger partial charge in [0.25, 0.3) is 0 Å². The molecule has 2 aromatic carbocycles. The van der Waals surface area contributed by atoms with Crippen molar-refractivity contribution in [3.05, 3.63) is 72.6 Å². The van der Waals surface area contributed by atoms with Gasteiger partial charge in [-0.05, 0) is 73.9 Å². The topological polar surface area (TPSA) is 90.3 Å². The highest BCUT2D eigenvalue weighted by molar-refractivity contribution is 5.89. The molecule has 0 bridgehead atoms. The SMILES string of the molecule is Fc1ccc(OC2CC3CC(N4CCN(c5ccccc5)CC4)CC3C2)cc1.O=C(O)/C=C/C(=O)O. The number of carboxylic acid groups (broad SMARTS) is 2. The second-order valence-electron chi connectivity index (χ2n) is 9.68. The van der Waals surface area contributed by atoms with Gasteiger partial charge >= 0.3 is 11.9 Å². The normalized spacial score (nSPS) is 25.8. The van der Waals surface area contributed by atoms with Crippen LogP contribution in [-0.2, 0) is 9.59 Å². The molecule has 3 aliphatic rings. The van der Waals surface area contributed by atoms with Crippen molar-refractivity contribution in [2.24, 2.45) is 11.8 Å². The average molecular weight is 497 g/mol. The van der Waals surface area contributed by atoms with Gasteiger partial charge < -0.3 is 19.8 Å². The van der Waals surface area contributed by atoms with Crippen LogP contribution in [0.1, 0.15) is 25.7 Å². The van der Waals surface area contributed by atoms with E-state index in [1.807, 2.05) is 0 Å². The van der Waals surface area contributed by atoms with Crippen molar-refractivity contribution in [3.8, 4) is 5.75 Å². The van der Waals surface area contributed by atoms with Gasteiger partial charge in [0.2, 0.25) is 0 Å². The largest absolute Gasteiger partial charge is 0.490 e. The molecule has 2 saturated carbocycles. The summed E-state index contributed by atoms with van der Waals surface area (Å²) in [6.07, 6.45) is 6.37. The smallest absolute Gasteiger partial charge is 0.328 e. The summed E-state index contributed by atoms with van der Waals surface area (Å²) in [5.74, 6) is -0.323. The van der Waals surface area contributed by atoms with E-state index in [2.05, 4.69) is 40.1 Å². The minimum Gasteiger partial charge on any atom is -0.490 e.